The number of ether oxygens (including phenoxy) is 1. The SMILES string of the molecule is CC.CCC(=O)N(OC(=O)CO)C(=O)CC.CCCCOC(C)(C)C. The first-order valence-electron chi connectivity index (χ1n) is 8.94. The van der Waals surface area contributed by atoms with Crippen molar-refractivity contribution in [3.63, 3.8) is 0 Å². The third-order valence-electron chi connectivity index (χ3n) is 2.41. The molecular weight excluding hydrogens is 326 g/mol. The van der Waals surface area contributed by atoms with Gasteiger partial charge >= 0.3 is 5.97 Å². The smallest absolute Gasteiger partial charge is 0.358 e. The van der Waals surface area contributed by atoms with E-state index in [9.17, 15) is 14.4 Å². The molecule has 0 bridgehead atoms. The van der Waals surface area contributed by atoms with Gasteiger partial charge in [-0.1, -0.05) is 41.0 Å². The van der Waals surface area contributed by atoms with Gasteiger partial charge in [0, 0.05) is 19.4 Å². The Hall–Kier alpha value is -1.47. The molecule has 0 fully saturated rings. The highest BCUT2D eigenvalue weighted by molar-refractivity contribution is 5.95. The van der Waals surface area contributed by atoms with E-state index in [4.69, 9.17) is 9.84 Å². The number of unbranched alkanes of at least 4 members (excludes halogenated alkanes) is 1. The fourth-order valence-electron chi connectivity index (χ4n) is 1.18. The number of rotatable bonds is 6. The van der Waals surface area contributed by atoms with Crippen molar-refractivity contribution in [2.75, 3.05) is 13.2 Å². The molecule has 0 radical (unpaired) electrons. The average Bonchev–Trinajstić information content (AvgIpc) is 2.59. The summed E-state index contributed by atoms with van der Waals surface area (Å²) in [6.07, 6.45) is 2.49. The molecule has 0 unspecified atom stereocenters. The molecule has 0 aromatic rings. The van der Waals surface area contributed by atoms with Crippen LogP contribution in [0.1, 0.15) is 81.1 Å². The average molecular weight is 363 g/mol. The molecule has 7 nitrogen and oxygen atoms in total. The van der Waals surface area contributed by atoms with Crippen LogP contribution in [0, 0.1) is 0 Å². The zero-order chi connectivity index (χ0) is 20.5. The van der Waals surface area contributed by atoms with Crippen LogP contribution in [0.15, 0.2) is 0 Å². The summed E-state index contributed by atoms with van der Waals surface area (Å²) in [6, 6.07) is 0. The standard InChI is InChI=1S/C8H13NO5.C8H18O.C2H6/c1-3-6(11)9(7(12)4-2)14-8(13)5-10;1-5-6-7-9-8(2,3)4;1-2/h10H,3-5H2,1-2H3;5-7H2,1-4H3;1-2H3. The number of nitrogens with zero attached hydrogens (tertiary/aromatic N) is 1. The number of hydrogen-bond donors (Lipinski definition) is 1. The van der Waals surface area contributed by atoms with E-state index < -0.39 is 24.4 Å². The maximum absolute atomic E-state index is 11.1. The van der Waals surface area contributed by atoms with Gasteiger partial charge in [0.1, 0.15) is 6.61 Å². The second-order valence-corrected chi connectivity index (χ2v) is 5.72. The number of hydroxylamine groups is 2. The molecule has 0 aliphatic carbocycles. The van der Waals surface area contributed by atoms with Gasteiger partial charge in [-0.25, -0.2) is 4.79 Å². The lowest BCUT2D eigenvalue weighted by atomic mass is 10.2. The lowest BCUT2D eigenvalue weighted by molar-refractivity contribution is -0.204. The van der Waals surface area contributed by atoms with Crippen LogP contribution in [0.25, 0.3) is 0 Å². The van der Waals surface area contributed by atoms with E-state index in [1.54, 1.807) is 0 Å². The number of amides is 2. The van der Waals surface area contributed by atoms with Gasteiger partial charge in [-0.2, -0.15) is 0 Å². The Morgan fingerprint density at radius 3 is 1.68 bits per heavy atom. The molecule has 0 spiro atoms. The summed E-state index contributed by atoms with van der Waals surface area (Å²) in [6.45, 7) is 15.5. The van der Waals surface area contributed by atoms with Gasteiger partial charge in [-0.3, -0.25) is 9.59 Å². The zero-order valence-electron chi connectivity index (χ0n) is 17.2. The van der Waals surface area contributed by atoms with E-state index in [0.29, 0.717) is 5.06 Å². The molecule has 0 rings (SSSR count). The predicted octanol–water partition coefficient (Wildman–Crippen LogP) is 3.24. The van der Waals surface area contributed by atoms with Crippen molar-refractivity contribution in [2.45, 2.75) is 86.7 Å². The number of carbonyl (C=O) groups is 3. The maximum atomic E-state index is 11.1. The number of aliphatic hydroxyl groups excluding tert-OH is 1. The molecular formula is C18H37NO6. The fourth-order valence-corrected chi connectivity index (χ4v) is 1.18. The highest BCUT2D eigenvalue weighted by atomic mass is 16.7. The molecule has 0 saturated carbocycles. The number of hydrogen-bond acceptors (Lipinski definition) is 6. The molecule has 150 valence electrons. The molecule has 0 aliphatic rings. The lowest BCUT2D eigenvalue weighted by Crippen LogP contribution is -2.38. The minimum Gasteiger partial charge on any atom is -0.385 e. The summed E-state index contributed by atoms with van der Waals surface area (Å²) in [7, 11) is 0. The van der Waals surface area contributed by atoms with Crippen LogP contribution in [-0.2, 0) is 24.0 Å². The van der Waals surface area contributed by atoms with E-state index in [1.165, 1.54) is 26.7 Å². The van der Waals surface area contributed by atoms with Crippen LogP contribution < -0.4 is 0 Å². The highest BCUT2D eigenvalue weighted by Gasteiger charge is 2.22. The monoisotopic (exact) mass is 363 g/mol. The summed E-state index contributed by atoms with van der Waals surface area (Å²) in [5, 5.41) is 8.76. The second-order valence-electron chi connectivity index (χ2n) is 5.72. The Labute approximate surface area is 152 Å². The van der Waals surface area contributed by atoms with Crippen LogP contribution in [0.2, 0.25) is 0 Å². The Morgan fingerprint density at radius 2 is 1.40 bits per heavy atom. The van der Waals surface area contributed by atoms with Crippen LogP contribution in [-0.4, -0.2) is 46.8 Å². The van der Waals surface area contributed by atoms with Gasteiger partial charge in [0.05, 0.1) is 5.60 Å². The number of carbonyl (C=O) groups excluding carboxylic acids is 3. The molecule has 0 aliphatic heterocycles. The first-order chi connectivity index (χ1) is 11.6. The van der Waals surface area contributed by atoms with Crippen LogP contribution in [0.5, 0.6) is 0 Å². The third kappa shape index (κ3) is 18.7. The molecule has 2 amide bonds. The van der Waals surface area contributed by atoms with E-state index in [1.807, 2.05) is 13.8 Å². The molecule has 7 heteroatoms. The Morgan fingerprint density at radius 1 is 0.960 bits per heavy atom. The van der Waals surface area contributed by atoms with Gasteiger partial charge in [-0.05, 0) is 27.2 Å². The molecule has 25 heavy (non-hydrogen) atoms. The summed E-state index contributed by atoms with van der Waals surface area (Å²) < 4.78 is 5.47. The topological polar surface area (TPSA) is 93.1 Å². The van der Waals surface area contributed by atoms with Crippen molar-refractivity contribution in [3.05, 3.63) is 0 Å². The van der Waals surface area contributed by atoms with Gasteiger partial charge < -0.3 is 14.7 Å². The first-order valence-corrected chi connectivity index (χ1v) is 8.94. The predicted molar refractivity (Wildman–Crippen MR) is 97.6 cm³/mol. The molecule has 1 N–H and O–H groups in total. The van der Waals surface area contributed by atoms with Crippen molar-refractivity contribution in [3.8, 4) is 0 Å². The van der Waals surface area contributed by atoms with E-state index >= 15 is 0 Å². The fraction of sp³-hybridized carbons (Fsp3) is 0.833. The summed E-state index contributed by atoms with van der Waals surface area (Å²) in [4.78, 5) is 37.2. The number of aliphatic hydroxyl groups is 1. The van der Waals surface area contributed by atoms with Gasteiger partial charge in [0.15, 0.2) is 0 Å². The minimum atomic E-state index is -1.03. The summed E-state index contributed by atoms with van der Waals surface area (Å²) >= 11 is 0. The second kappa shape index (κ2) is 17.4. The summed E-state index contributed by atoms with van der Waals surface area (Å²) in [5.74, 6) is -2.26. The minimum absolute atomic E-state index is 0.0461. The molecule has 0 aromatic carbocycles. The maximum Gasteiger partial charge on any atom is 0.358 e. The quantitative estimate of drug-likeness (QED) is 0.575. The van der Waals surface area contributed by atoms with Gasteiger partial charge in [0.2, 0.25) is 0 Å². The van der Waals surface area contributed by atoms with Crippen molar-refractivity contribution >= 4 is 17.8 Å². The third-order valence-corrected chi connectivity index (χ3v) is 2.41. The van der Waals surface area contributed by atoms with Crippen molar-refractivity contribution < 1.29 is 29.1 Å². The van der Waals surface area contributed by atoms with Crippen LogP contribution in [0.4, 0.5) is 0 Å². The summed E-state index contributed by atoms with van der Waals surface area (Å²) in [5.41, 5.74) is 0.0508. The van der Waals surface area contributed by atoms with Gasteiger partial charge in [0.25, 0.3) is 11.8 Å². The van der Waals surface area contributed by atoms with Crippen molar-refractivity contribution in [1.82, 2.24) is 5.06 Å². The van der Waals surface area contributed by atoms with E-state index in [2.05, 4.69) is 32.5 Å². The molecule has 0 saturated heterocycles. The van der Waals surface area contributed by atoms with Crippen molar-refractivity contribution in [2.24, 2.45) is 0 Å². The van der Waals surface area contributed by atoms with Gasteiger partial charge in [-0.15, -0.1) is 5.06 Å². The largest absolute Gasteiger partial charge is 0.385 e. The van der Waals surface area contributed by atoms with E-state index in [0.717, 1.165) is 6.61 Å². The Balaban J connectivity index is -0.000000380. The Bertz CT molecular complexity index is 347. The van der Waals surface area contributed by atoms with E-state index in [-0.39, 0.29) is 18.4 Å². The van der Waals surface area contributed by atoms with Crippen LogP contribution >= 0.6 is 0 Å². The highest BCUT2D eigenvalue weighted by Crippen LogP contribution is 2.07. The van der Waals surface area contributed by atoms with Crippen LogP contribution in [0.3, 0.4) is 0 Å². The number of imide groups is 1. The Kier molecular flexibility index (Phi) is 19.7. The molecule has 0 aromatic heterocycles. The first kappa shape index (κ1) is 28.3. The van der Waals surface area contributed by atoms with Crippen molar-refractivity contribution in [1.29, 1.82) is 0 Å². The molecule has 0 heterocycles. The zero-order valence-corrected chi connectivity index (χ0v) is 17.2. The lowest BCUT2D eigenvalue weighted by Gasteiger charge is -2.18. The molecule has 0 atom stereocenters. The normalized spacial score (nSPS) is 9.80.